The monoisotopic (exact) mass is 564 g/mol. The van der Waals surface area contributed by atoms with Gasteiger partial charge in [-0.1, -0.05) is 11.6 Å². The predicted octanol–water partition coefficient (Wildman–Crippen LogP) is 5.67. The molecule has 2 fully saturated rings. The van der Waals surface area contributed by atoms with E-state index < -0.39 is 11.8 Å². The molecule has 2 aromatic heterocycles. The van der Waals surface area contributed by atoms with Gasteiger partial charge >= 0.3 is 5.97 Å². The van der Waals surface area contributed by atoms with Gasteiger partial charge in [0.25, 0.3) is 0 Å². The Labute approximate surface area is 236 Å². The van der Waals surface area contributed by atoms with Gasteiger partial charge in [-0.05, 0) is 79.9 Å². The summed E-state index contributed by atoms with van der Waals surface area (Å²) in [6.45, 7) is 4.17. The number of aromatic carboxylic acids is 1. The highest BCUT2D eigenvalue weighted by Crippen LogP contribution is 2.29. The molecule has 10 heteroatoms. The summed E-state index contributed by atoms with van der Waals surface area (Å²) in [4.78, 5) is 23.5. The fraction of sp³-hybridized carbons (Fsp3) is 0.367. The minimum atomic E-state index is -0.945. The minimum Gasteiger partial charge on any atom is -0.486 e. The molecule has 2 aliphatic heterocycles. The second-order valence-corrected chi connectivity index (χ2v) is 10.9. The van der Waals surface area contributed by atoms with Crippen LogP contribution in [0.2, 0.25) is 5.02 Å². The Bertz CT molecular complexity index is 1540. The molecule has 8 nitrogen and oxygen atoms in total. The first kappa shape index (κ1) is 26.7. The lowest BCUT2D eigenvalue weighted by molar-refractivity contribution is -0.0564. The fourth-order valence-corrected chi connectivity index (χ4v) is 5.60. The number of carboxylic acids is 1. The molecule has 0 bridgehead atoms. The molecule has 0 radical (unpaired) electrons. The summed E-state index contributed by atoms with van der Waals surface area (Å²) in [6.07, 6.45) is 4.92. The van der Waals surface area contributed by atoms with Crippen LogP contribution in [0.3, 0.4) is 0 Å². The Morgan fingerprint density at radius 2 is 2.05 bits per heavy atom. The second-order valence-electron chi connectivity index (χ2n) is 10.4. The van der Waals surface area contributed by atoms with E-state index in [0.717, 1.165) is 73.6 Å². The molecule has 2 aromatic carbocycles. The molecule has 0 amide bonds. The number of carbonyl (C=O) groups is 1. The molecule has 0 saturated carbocycles. The number of fused-ring (bicyclic) bond motifs is 1. The fourth-order valence-electron chi connectivity index (χ4n) is 5.44. The molecule has 0 spiro atoms. The number of carboxylic acid groups (broad SMARTS) is 1. The molecule has 1 N–H and O–H groups in total. The summed E-state index contributed by atoms with van der Waals surface area (Å²) in [7, 11) is 0. The van der Waals surface area contributed by atoms with Gasteiger partial charge in [0.05, 0.1) is 29.2 Å². The third-order valence-corrected chi connectivity index (χ3v) is 7.97. The third kappa shape index (κ3) is 5.82. The average molecular weight is 565 g/mol. The summed E-state index contributed by atoms with van der Waals surface area (Å²) < 4.78 is 27.6. The summed E-state index contributed by atoms with van der Waals surface area (Å²) in [5.74, 6) is -0.0836. The maximum absolute atomic E-state index is 14.1. The number of aryl methyl sites for hydroxylation is 1. The molecule has 6 rings (SSSR count). The van der Waals surface area contributed by atoms with Crippen LogP contribution in [0.15, 0.2) is 54.7 Å². The van der Waals surface area contributed by atoms with E-state index in [1.54, 1.807) is 30.5 Å². The van der Waals surface area contributed by atoms with Gasteiger partial charge in [-0.2, -0.15) is 0 Å². The Hall–Kier alpha value is -3.53. The molecule has 2 saturated heterocycles. The van der Waals surface area contributed by atoms with Crippen LogP contribution in [0.1, 0.15) is 52.6 Å². The van der Waals surface area contributed by atoms with Gasteiger partial charge < -0.3 is 19.1 Å². The van der Waals surface area contributed by atoms with Crippen LogP contribution in [0.4, 0.5) is 4.39 Å². The lowest BCUT2D eigenvalue weighted by atomic mass is 10.0. The summed E-state index contributed by atoms with van der Waals surface area (Å²) in [5, 5.41) is 9.84. The standard InChI is InChI=1S/C30H30ClFN4O4/c31-22-2-4-28(24(32)15-22)40-18-19-5-9-33-26(13-19)21-6-10-35(16-21)17-29-34-25-3-1-20(30(37)38)14-27(25)36(29)11-7-23-8-12-39-23/h1-5,9,13-15,21,23H,6-8,10-12,16-18H2,(H,37,38)/t21?,23-/m1/s1. The molecular weight excluding hydrogens is 535 g/mol. The Balaban J connectivity index is 1.14. The number of hydrogen-bond donors (Lipinski definition) is 1. The SMILES string of the molecule is O=C(O)c1ccc2nc(CN3CCC(c4cc(COc5ccc(Cl)cc5F)ccn4)C3)n(CC[C@@H]3CCO3)c2c1. The quantitative estimate of drug-likeness (QED) is 0.265. The van der Waals surface area contributed by atoms with Crippen molar-refractivity contribution < 1.29 is 23.8 Å². The predicted molar refractivity (Wildman–Crippen MR) is 148 cm³/mol. The largest absolute Gasteiger partial charge is 0.486 e. The Morgan fingerprint density at radius 3 is 2.83 bits per heavy atom. The van der Waals surface area contributed by atoms with Crippen LogP contribution in [0.5, 0.6) is 5.75 Å². The lowest BCUT2D eigenvalue weighted by Gasteiger charge is -2.27. The number of ether oxygens (including phenoxy) is 2. The maximum atomic E-state index is 14.1. The van der Waals surface area contributed by atoms with E-state index in [-0.39, 0.29) is 29.9 Å². The summed E-state index contributed by atoms with van der Waals surface area (Å²) in [6, 6.07) is 13.4. The normalized spacial score (nSPS) is 19.1. The number of benzene rings is 2. The van der Waals surface area contributed by atoms with Gasteiger partial charge in [-0.3, -0.25) is 9.88 Å². The lowest BCUT2D eigenvalue weighted by Crippen LogP contribution is -2.28. The van der Waals surface area contributed by atoms with E-state index in [0.29, 0.717) is 11.6 Å². The van der Waals surface area contributed by atoms with Crippen molar-refractivity contribution in [3.63, 3.8) is 0 Å². The Kier molecular flexibility index (Phi) is 7.69. The number of aromatic nitrogens is 3. The van der Waals surface area contributed by atoms with Gasteiger partial charge in [-0.25, -0.2) is 14.2 Å². The van der Waals surface area contributed by atoms with E-state index in [1.807, 2.05) is 12.1 Å². The first-order chi connectivity index (χ1) is 19.4. The average Bonchev–Trinajstić information content (AvgIpc) is 3.52. The molecule has 208 valence electrons. The third-order valence-electron chi connectivity index (χ3n) is 7.73. The van der Waals surface area contributed by atoms with Crippen LogP contribution in [-0.4, -0.2) is 56.3 Å². The van der Waals surface area contributed by atoms with E-state index in [2.05, 4.69) is 14.5 Å². The summed E-state index contributed by atoms with van der Waals surface area (Å²) >= 11 is 5.83. The molecule has 4 aromatic rings. The number of rotatable bonds is 10. The topological polar surface area (TPSA) is 89.7 Å². The van der Waals surface area contributed by atoms with Gasteiger partial charge in [0.1, 0.15) is 12.4 Å². The molecule has 40 heavy (non-hydrogen) atoms. The van der Waals surface area contributed by atoms with Gasteiger partial charge in [0.2, 0.25) is 0 Å². The van der Waals surface area contributed by atoms with Crippen molar-refractivity contribution in [3.05, 3.63) is 88.2 Å². The molecular formula is C30H30ClFN4O4. The smallest absolute Gasteiger partial charge is 0.335 e. The second kappa shape index (κ2) is 11.5. The van der Waals surface area contributed by atoms with Crippen LogP contribution in [-0.2, 0) is 24.4 Å². The van der Waals surface area contributed by atoms with E-state index in [1.165, 1.54) is 12.1 Å². The van der Waals surface area contributed by atoms with Crippen LogP contribution >= 0.6 is 11.6 Å². The van der Waals surface area contributed by atoms with Crippen LogP contribution < -0.4 is 4.74 Å². The number of pyridine rings is 1. The number of imidazole rings is 1. The first-order valence-electron chi connectivity index (χ1n) is 13.5. The number of halogens is 2. The number of hydrogen-bond acceptors (Lipinski definition) is 6. The van der Waals surface area contributed by atoms with Gasteiger partial charge in [-0.15, -0.1) is 0 Å². The molecule has 1 unspecified atom stereocenters. The molecule has 0 aliphatic carbocycles. The summed E-state index contributed by atoms with van der Waals surface area (Å²) in [5.41, 5.74) is 3.82. The zero-order chi connectivity index (χ0) is 27.6. The van der Waals surface area contributed by atoms with E-state index in [4.69, 9.17) is 26.1 Å². The first-order valence-corrected chi connectivity index (χ1v) is 13.9. The van der Waals surface area contributed by atoms with Crippen molar-refractivity contribution in [1.29, 1.82) is 0 Å². The van der Waals surface area contributed by atoms with Crippen molar-refractivity contribution in [2.24, 2.45) is 0 Å². The Morgan fingerprint density at radius 1 is 1.18 bits per heavy atom. The van der Waals surface area contributed by atoms with Crippen LogP contribution in [0, 0.1) is 5.82 Å². The van der Waals surface area contributed by atoms with Crippen molar-refractivity contribution in [1.82, 2.24) is 19.4 Å². The van der Waals surface area contributed by atoms with Crippen molar-refractivity contribution in [2.45, 2.75) is 51.0 Å². The van der Waals surface area contributed by atoms with Crippen molar-refractivity contribution >= 4 is 28.6 Å². The highest BCUT2D eigenvalue weighted by molar-refractivity contribution is 6.30. The number of nitrogens with zero attached hydrogens (tertiary/aromatic N) is 4. The zero-order valence-corrected chi connectivity index (χ0v) is 22.7. The highest BCUT2D eigenvalue weighted by Gasteiger charge is 2.27. The van der Waals surface area contributed by atoms with Gasteiger partial charge in [0, 0.05) is 42.5 Å². The van der Waals surface area contributed by atoms with Crippen molar-refractivity contribution in [2.75, 3.05) is 19.7 Å². The van der Waals surface area contributed by atoms with E-state index >= 15 is 0 Å². The van der Waals surface area contributed by atoms with Crippen molar-refractivity contribution in [3.8, 4) is 5.75 Å². The molecule has 2 atom stereocenters. The van der Waals surface area contributed by atoms with E-state index in [9.17, 15) is 14.3 Å². The number of likely N-dealkylation sites (tertiary alicyclic amines) is 1. The molecule has 4 heterocycles. The van der Waals surface area contributed by atoms with Crippen LogP contribution in [0.25, 0.3) is 11.0 Å². The highest BCUT2D eigenvalue weighted by atomic mass is 35.5. The maximum Gasteiger partial charge on any atom is 0.335 e. The molecule has 2 aliphatic rings. The minimum absolute atomic E-state index is 0.164. The zero-order valence-electron chi connectivity index (χ0n) is 21.9. The van der Waals surface area contributed by atoms with Gasteiger partial charge in [0.15, 0.2) is 11.6 Å².